The molecule has 2 aliphatic rings. The Bertz CT molecular complexity index is 2570. The highest BCUT2D eigenvalue weighted by Crippen LogP contribution is 2.43. The molecule has 1 aliphatic heterocycles. The maximum Gasteiger partial charge on any atom is 0.148 e. The molecule has 0 amide bonds. The van der Waals surface area contributed by atoms with Crippen molar-refractivity contribution < 1.29 is 0 Å². The van der Waals surface area contributed by atoms with E-state index in [4.69, 9.17) is 9.98 Å². The van der Waals surface area contributed by atoms with Crippen molar-refractivity contribution in [1.29, 1.82) is 0 Å². The fourth-order valence-corrected chi connectivity index (χ4v) is 8.48. The first kappa shape index (κ1) is 26.4. The molecule has 0 saturated carbocycles. The maximum absolute atomic E-state index is 5.30. The number of nitrogens with zero attached hydrogens (tertiary/aromatic N) is 4. The zero-order chi connectivity index (χ0) is 30.9. The highest BCUT2D eigenvalue weighted by atomic mass is 32.1. The van der Waals surface area contributed by atoms with Gasteiger partial charge in [-0.15, -0.1) is 11.3 Å². The van der Waals surface area contributed by atoms with Gasteiger partial charge in [0, 0.05) is 42.5 Å². The van der Waals surface area contributed by atoms with Gasteiger partial charge in [-0.1, -0.05) is 97.1 Å². The average molecular weight is 621 g/mol. The van der Waals surface area contributed by atoms with Crippen molar-refractivity contribution in [2.45, 2.75) is 12.2 Å². The topological polar surface area (TPSA) is 33.4 Å². The van der Waals surface area contributed by atoms with E-state index in [1.54, 1.807) is 0 Å². The van der Waals surface area contributed by atoms with Crippen molar-refractivity contribution in [2.75, 3.05) is 4.90 Å². The lowest BCUT2D eigenvalue weighted by Crippen LogP contribution is -2.35. The number of allylic oxidation sites excluding steroid dienone is 2. The fourth-order valence-electron chi connectivity index (χ4n) is 7.37. The van der Waals surface area contributed by atoms with Crippen LogP contribution in [0.5, 0.6) is 0 Å². The van der Waals surface area contributed by atoms with Gasteiger partial charge in [-0.3, -0.25) is 4.99 Å². The van der Waals surface area contributed by atoms with Crippen LogP contribution in [0.3, 0.4) is 0 Å². The number of pyridine rings is 1. The molecule has 10 rings (SSSR count). The summed E-state index contributed by atoms with van der Waals surface area (Å²) >= 11 is 1.85. The predicted octanol–water partition coefficient (Wildman–Crippen LogP) is 10.7. The van der Waals surface area contributed by atoms with Gasteiger partial charge >= 0.3 is 0 Å². The Labute approximate surface area is 275 Å². The van der Waals surface area contributed by atoms with Crippen LogP contribution in [0.25, 0.3) is 59.1 Å². The van der Waals surface area contributed by atoms with Crippen LogP contribution < -0.4 is 4.90 Å². The van der Waals surface area contributed by atoms with Gasteiger partial charge in [0.05, 0.1) is 34.0 Å². The second-order valence-electron chi connectivity index (χ2n) is 12.1. The molecular weight excluding hydrogens is 593 g/mol. The van der Waals surface area contributed by atoms with Crippen molar-refractivity contribution in [3.63, 3.8) is 0 Å². The molecule has 4 heterocycles. The second-order valence-corrected chi connectivity index (χ2v) is 13.2. The van der Waals surface area contributed by atoms with Gasteiger partial charge in [0.2, 0.25) is 0 Å². The molecular formula is C42H28N4S. The molecule has 0 radical (unpaired) electrons. The van der Waals surface area contributed by atoms with E-state index in [9.17, 15) is 0 Å². The standard InChI is InChI=1S/C42H28N4S/c1-3-11-27(12-4-1)33-24-25-36-40(43-33)32-23-26-38-39(31-15-7-10-18-37(31)47-38)41(32)45(36)30-21-19-28(20-22-30)42-44-34-16-8-9-17-35(34)46(42)29-13-5-2-6-14-29/h1-26,35,42H. The van der Waals surface area contributed by atoms with Crippen LogP contribution in [0, 0.1) is 0 Å². The van der Waals surface area contributed by atoms with Crippen LogP contribution in [0.1, 0.15) is 11.7 Å². The summed E-state index contributed by atoms with van der Waals surface area (Å²) in [5.41, 5.74) is 9.96. The lowest BCUT2D eigenvalue weighted by molar-refractivity contribution is 0.696. The molecule has 2 unspecified atom stereocenters. The Morgan fingerprint density at radius 3 is 2.26 bits per heavy atom. The van der Waals surface area contributed by atoms with Crippen LogP contribution in [-0.2, 0) is 0 Å². The summed E-state index contributed by atoms with van der Waals surface area (Å²) in [7, 11) is 0. The molecule has 3 aromatic heterocycles. The minimum atomic E-state index is -0.111. The number of para-hydroxylation sites is 1. The third kappa shape index (κ3) is 4.07. The van der Waals surface area contributed by atoms with Gasteiger partial charge in [0.25, 0.3) is 0 Å². The number of hydrogen-bond donors (Lipinski definition) is 0. The monoisotopic (exact) mass is 620 g/mol. The third-order valence-electron chi connectivity index (χ3n) is 9.49. The van der Waals surface area contributed by atoms with Crippen LogP contribution in [0.2, 0.25) is 0 Å². The Morgan fingerprint density at radius 1 is 0.617 bits per heavy atom. The minimum Gasteiger partial charge on any atom is -0.334 e. The quantitative estimate of drug-likeness (QED) is 0.196. The number of aliphatic imine (C=N–C) groups is 1. The van der Waals surface area contributed by atoms with E-state index < -0.39 is 0 Å². The molecule has 4 nitrogen and oxygen atoms in total. The summed E-state index contributed by atoms with van der Waals surface area (Å²) in [6, 6.07) is 47.9. The molecule has 0 fully saturated rings. The first-order chi connectivity index (χ1) is 23.3. The van der Waals surface area contributed by atoms with Crippen LogP contribution in [0.4, 0.5) is 5.69 Å². The molecule has 47 heavy (non-hydrogen) atoms. The van der Waals surface area contributed by atoms with Gasteiger partial charge in [0.1, 0.15) is 6.17 Å². The summed E-state index contributed by atoms with van der Waals surface area (Å²) in [5.74, 6) is 0. The lowest BCUT2D eigenvalue weighted by Gasteiger charge is -2.31. The highest BCUT2D eigenvalue weighted by Gasteiger charge is 2.35. The summed E-state index contributed by atoms with van der Waals surface area (Å²) in [6.07, 6.45) is 8.48. The molecule has 5 aromatic carbocycles. The number of anilines is 1. The highest BCUT2D eigenvalue weighted by molar-refractivity contribution is 7.26. The van der Waals surface area contributed by atoms with Gasteiger partial charge < -0.3 is 9.47 Å². The zero-order valence-electron chi connectivity index (χ0n) is 25.4. The Hall–Kier alpha value is -5.78. The molecule has 5 heteroatoms. The molecule has 8 aromatic rings. The molecule has 1 aliphatic carbocycles. The second kappa shape index (κ2) is 10.4. The van der Waals surface area contributed by atoms with Gasteiger partial charge in [-0.25, -0.2) is 4.98 Å². The molecule has 2 atom stereocenters. The molecule has 0 spiro atoms. The number of aromatic nitrogens is 2. The van der Waals surface area contributed by atoms with Crippen molar-refractivity contribution in [1.82, 2.24) is 9.55 Å². The molecule has 0 N–H and O–H groups in total. The van der Waals surface area contributed by atoms with Crippen LogP contribution in [-0.4, -0.2) is 21.3 Å². The maximum atomic E-state index is 5.30. The Morgan fingerprint density at radius 2 is 1.40 bits per heavy atom. The Balaban J connectivity index is 1.18. The van der Waals surface area contributed by atoms with Crippen molar-refractivity contribution in [3.8, 4) is 16.9 Å². The largest absolute Gasteiger partial charge is 0.334 e. The van der Waals surface area contributed by atoms with Crippen molar-refractivity contribution in [3.05, 3.63) is 163 Å². The smallest absolute Gasteiger partial charge is 0.148 e. The normalized spacial score (nSPS) is 17.3. The number of benzene rings is 5. The number of rotatable bonds is 4. The predicted molar refractivity (Wildman–Crippen MR) is 198 cm³/mol. The van der Waals surface area contributed by atoms with E-state index in [0.717, 1.165) is 44.6 Å². The molecule has 0 bridgehead atoms. The first-order valence-electron chi connectivity index (χ1n) is 16.0. The fraction of sp³-hybridized carbons (Fsp3) is 0.0476. The number of thiophene rings is 1. The number of hydrogen-bond acceptors (Lipinski definition) is 4. The summed E-state index contributed by atoms with van der Waals surface area (Å²) < 4.78 is 5.00. The summed E-state index contributed by atoms with van der Waals surface area (Å²) in [6.45, 7) is 0. The lowest BCUT2D eigenvalue weighted by atomic mass is 10.0. The summed E-state index contributed by atoms with van der Waals surface area (Å²) in [5, 5.41) is 3.73. The van der Waals surface area contributed by atoms with E-state index in [0.29, 0.717) is 0 Å². The van der Waals surface area contributed by atoms with Crippen LogP contribution in [0.15, 0.2) is 163 Å². The third-order valence-corrected chi connectivity index (χ3v) is 10.6. The number of fused-ring (bicyclic) bond motifs is 8. The van der Waals surface area contributed by atoms with Gasteiger partial charge in [-0.05, 0) is 66.2 Å². The Kier molecular flexibility index (Phi) is 5.84. The average Bonchev–Trinajstić information content (AvgIpc) is 3.82. The van der Waals surface area contributed by atoms with Crippen molar-refractivity contribution in [2.24, 2.45) is 4.99 Å². The van der Waals surface area contributed by atoms with E-state index in [1.807, 2.05) is 17.4 Å². The SMILES string of the molecule is C1=CC2=NC(c3ccc(-n4c5ccc(-c6ccccc6)nc5c5ccc6sc7ccccc7c6c54)cc3)N(c3ccccc3)C2C=C1. The zero-order valence-corrected chi connectivity index (χ0v) is 26.2. The molecule has 0 saturated heterocycles. The van der Waals surface area contributed by atoms with E-state index >= 15 is 0 Å². The minimum absolute atomic E-state index is 0.111. The van der Waals surface area contributed by atoms with Gasteiger partial charge in [-0.2, -0.15) is 0 Å². The van der Waals surface area contributed by atoms with Crippen LogP contribution >= 0.6 is 11.3 Å². The van der Waals surface area contributed by atoms with E-state index in [-0.39, 0.29) is 12.2 Å². The van der Waals surface area contributed by atoms with Gasteiger partial charge in [0.15, 0.2) is 0 Å². The summed E-state index contributed by atoms with van der Waals surface area (Å²) in [4.78, 5) is 12.9. The van der Waals surface area contributed by atoms with E-state index in [1.165, 1.54) is 31.4 Å². The van der Waals surface area contributed by atoms with E-state index in [2.05, 4.69) is 161 Å². The molecule has 222 valence electrons. The van der Waals surface area contributed by atoms with Crippen molar-refractivity contribution >= 4 is 64.8 Å². The first-order valence-corrected chi connectivity index (χ1v) is 16.8.